The van der Waals surface area contributed by atoms with Crippen LogP contribution in [0.1, 0.15) is 0 Å². The maximum absolute atomic E-state index is 11.8. The number of pyridine rings is 1. The summed E-state index contributed by atoms with van der Waals surface area (Å²) in [4.78, 5) is 23.2. The molecular weight excluding hydrogens is 266 g/mol. The average molecular weight is 279 g/mol. The van der Waals surface area contributed by atoms with Gasteiger partial charge in [-0.3, -0.25) is 4.79 Å². The van der Waals surface area contributed by atoms with E-state index in [4.69, 9.17) is 4.74 Å². The molecule has 21 heavy (non-hydrogen) atoms. The summed E-state index contributed by atoms with van der Waals surface area (Å²) in [5, 5.41) is 0. The zero-order chi connectivity index (χ0) is 14.7. The van der Waals surface area contributed by atoms with E-state index in [1.165, 1.54) is 6.07 Å². The highest BCUT2D eigenvalue weighted by Crippen LogP contribution is 2.20. The van der Waals surface area contributed by atoms with Crippen LogP contribution in [0.3, 0.4) is 0 Å². The predicted molar refractivity (Wildman–Crippen MR) is 80.1 cm³/mol. The van der Waals surface area contributed by atoms with Gasteiger partial charge in [0, 0.05) is 29.5 Å². The first-order valence-electron chi connectivity index (χ1n) is 6.43. The van der Waals surface area contributed by atoms with E-state index in [0.29, 0.717) is 17.4 Å². The van der Waals surface area contributed by atoms with Crippen molar-refractivity contribution in [3.05, 3.63) is 65.1 Å². The van der Waals surface area contributed by atoms with Crippen LogP contribution in [0.4, 0.5) is 0 Å². The lowest BCUT2D eigenvalue weighted by atomic mass is 10.1. The lowest BCUT2D eigenvalue weighted by molar-refractivity contribution is 0.398. The molecule has 0 fully saturated rings. The topological polar surface area (TPSA) is 67.9 Å². The molecule has 5 nitrogen and oxygen atoms in total. The summed E-state index contributed by atoms with van der Waals surface area (Å²) < 4.78 is 5.02. The van der Waals surface area contributed by atoms with E-state index in [1.807, 2.05) is 36.4 Å². The molecule has 0 unspecified atom stereocenters. The van der Waals surface area contributed by atoms with Crippen LogP contribution in [0.2, 0.25) is 0 Å². The van der Waals surface area contributed by atoms with E-state index in [2.05, 4.69) is 15.0 Å². The first-order valence-corrected chi connectivity index (χ1v) is 6.43. The van der Waals surface area contributed by atoms with Gasteiger partial charge in [-0.15, -0.1) is 0 Å². The van der Waals surface area contributed by atoms with E-state index in [0.717, 1.165) is 11.1 Å². The number of benzene rings is 1. The number of hydrogen-bond acceptors (Lipinski definition) is 4. The summed E-state index contributed by atoms with van der Waals surface area (Å²) in [5.74, 6) is 1.06. The largest absolute Gasteiger partial charge is 0.481 e. The molecule has 2 aromatic heterocycles. The van der Waals surface area contributed by atoms with Gasteiger partial charge in [0.2, 0.25) is 5.88 Å². The Labute approximate surface area is 121 Å². The minimum absolute atomic E-state index is 0.199. The number of hydrogen-bond donors (Lipinski definition) is 1. The predicted octanol–water partition coefficient (Wildman–Crippen LogP) is 2.51. The number of methoxy groups -OCH3 is 1. The second kappa shape index (κ2) is 5.58. The highest BCUT2D eigenvalue weighted by molar-refractivity contribution is 5.62. The van der Waals surface area contributed by atoms with Crippen LogP contribution < -0.4 is 10.3 Å². The van der Waals surface area contributed by atoms with Gasteiger partial charge in [0.25, 0.3) is 5.56 Å². The molecule has 0 bridgehead atoms. The molecule has 5 heteroatoms. The zero-order valence-electron chi connectivity index (χ0n) is 11.4. The average Bonchev–Trinajstić information content (AvgIpc) is 2.55. The molecule has 3 rings (SSSR count). The summed E-state index contributed by atoms with van der Waals surface area (Å²) in [6.07, 6.45) is 1.63. The Bertz CT molecular complexity index is 796. The Balaban J connectivity index is 2.07. The molecule has 0 saturated heterocycles. The van der Waals surface area contributed by atoms with Crippen molar-refractivity contribution in [1.29, 1.82) is 0 Å². The molecule has 0 aliphatic heterocycles. The Hall–Kier alpha value is -2.95. The van der Waals surface area contributed by atoms with Crippen molar-refractivity contribution in [2.75, 3.05) is 7.11 Å². The van der Waals surface area contributed by atoms with Crippen LogP contribution >= 0.6 is 0 Å². The lowest BCUT2D eigenvalue weighted by Gasteiger charge is -2.05. The summed E-state index contributed by atoms with van der Waals surface area (Å²) in [6.45, 7) is 0. The van der Waals surface area contributed by atoms with Crippen LogP contribution in [0.5, 0.6) is 5.88 Å². The Morgan fingerprint density at radius 1 is 1.05 bits per heavy atom. The highest BCUT2D eigenvalue weighted by atomic mass is 16.5. The first-order chi connectivity index (χ1) is 10.3. The van der Waals surface area contributed by atoms with Crippen LogP contribution in [0.15, 0.2) is 59.5 Å². The maximum Gasteiger partial charge on any atom is 0.251 e. The van der Waals surface area contributed by atoms with Gasteiger partial charge in [0.1, 0.15) is 5.82 Å². The van der Waals surface area contributed by atoms with Crippen molar-refractivity contribution in [1.82, 2.24) is 15.0 Å². The zero-order valence-corrected chi connectivity index (χ0v) is 11.4. The van der Waals surface area contributed by atoms with Gasteiger partial charge in [-0.05, 0) is 6.07 Å². The normalized spacial score (nSPS) is 10.3. The van der Waals surface area contributed by atoms with Crippen LogP contribution in [0.25, 0.3) is 22.6 Å². The number of aromatic amines is 1. The van der Waals surface area contributed by atoms with Gasteiger partial charge < -0.3 is 9.72 Å². The van der Waals surface area contributed by atoms with Gasteiger partial charge in [0.15, 0.2) is 0 Å². The van der Waals surface area contributed by atoms with Crippen molar-refractivity contribution in [2.24, 2.45) is 0 Å². The number of aromatic nitrogens is 3. The highest BCUT2D eigenvalue weighted by Gasteiger charge is 2.06. The summed E-state index contributed by atoms with van der Waals surface area (Å²) in [6, 6.07) is 14.5. The second-order valence-corrected chi connectivity index (χ2v) is 4.43. The monoisotopic (exact) mass is 279 g/mol. The van der Waals surface area contributed by atoms with Gasteiger partial charge in [-0.25, -0.2) is 9.97 Å². The van der Waals surface area contributed by atoms with Crippen molar-refractivity contribution < 1.29 is 4.74 Å². The molecule has 0 amide bonds. The molecular formula is C16H13N3O2. The third-order valence-corrected chi connectivity index (χ3v) is 3.03. The van der Waals surface area contributed by atoms with Gasteiger partial charge in [0.05, 0.1) is 12.8 Å². The molecule has 3 aromatic rings. The minimum atomic E-state index is -0.199. The fourth-order valence-corrected chi connectivity index (χ4v) is 1.99. The molecule has 0 saturated carbocycles. The smallest absolute Gasteiger partial charge is 0.251 e. The Morgan fingerprint density at radius 3 is 2.52 bits per heavy atom. The Morgan fingerprint density at radius 2 is 1.86 bits per heavy atom. The van der Waals surface area contributed by atoms with Crippen molar-refractivity contribution in [3.63, 3.8) is 0 Å². The number of rotatable bonds is 3. The van der Waals surface area contributed by atoms with Crippen LogP contribution in [0, 0.1) is 0 Å². The molecule has 1 N–H and O–H groups in total. The minimum Gasteiger partial charge on any atom is -0.481 e. The summed E-state index contributed by atoms with van der Waals surface area (Å²) in [5.41, 5.74) is 2.00. The number of H-pyrrole nitrogens is 1. The van der Waals surface area contributed by atoms with E-state index in [1.54, 1.807) is 19.4 Å². The summed E-state index contributed by atoms with van der Waals surface area (Å²) in [7, 11) is 1.56. The molecule has 1 aromatic carbocycles. The van der Waals surface area contributed by atoms with E-state index < -0.39 is 0 Å². The van der Waals surface area contributed by atoms with Gasteiger partial charge in [-0.2, -0.15) is 0 Å². The maximum atomic E-state index is 11.8. The van der Waals surface area contributed by atoms with Gasteiger partial charge in [-0.1, -0.05) is 30.3 Å². The molecule has 104 valence electrons. The van der Waals surface area contributed by atoms with E-state index >= 15 is 0 Å². The van der Waals surface area contributed by atoms with Crippen molar-refractivity contribution >= 4 is 0 Å². The van der Waals surface area contributed by atoms with Crippen LogP contribution in [-0.4, -0.2) is 22.1 Å². The third-order valence-electron chi connectivity index (χ3n) is 3.03. The number of ether oxygens (including phenoxy) is 1. The van der Waals surface area contributed by atoms with Crippen LogP contribution in [-0.2, 0) is 0 Å². The SMILES string of the molecule is COc1ccc(-c2cc(=O)[nH]c(-c3ccccc3)n2)cn1. The number of nitrogens with one attached hydrogen (secondary N) is 1. The van der Waals surface area contributed by atoms with Crippen molar-refractivity contribution in [3.8, 4) is 28.5 Å². The molecule has 0 radical (unpaired) electrons. The fraction of sp³-hybridized carbons (Fsp3) is 0.0625. The standard InChI is InChI=1S/C16H13N3O2/c1-21-15-8-7-12(10-17-15)13-9-14(20)19-16(18-13)11-5-3-2-4-6-11/h2-10H,1H3,(H,18,19,20). The lowest BCUT2D eigenvalue weighted by Crippen LogP contribution is -2.08. The summed E-state index contributed by atoms with van der Waals surface area (Å²) >= 11 is 0. The number of nitrogens with zero attached hydrogens (tertiary/aromatic N) is 2. The fourth-order valence-electron chi connectivity index (χ4n) is 1.99. The molecule has 0 atom stereocenters. The van der Waals surface area contributed by atoms with Crippen molar-refractivity contribution in [2.45, 2.75) is 0 Å². The van der Waals surface area contributed by atoms with E-state index in [9.17, 15) is 4.79 Å². The second-order valence-electron chi connectivity index (χ2n) is 4.43. The quantitative estimate of drug-likeness (QED) is 0.800. The molecule has 0 aliphatic carbocycles. The van der Waals surface area contributed by atoms with E-state index in [-0.39, 0.29) is 5.56 Å². The van der Waals surface area contributed by atoms with Gasteiger partial charge >= 0.3 is 0 Å². The molecule has 2 heterocycles. The third kappa shape index (κ3) is 2.81. The first kappa shape index (κ1) is 13.1. The molecule has 0 aliphatic rings. The molecule has 0 spiro atoms. The Kier molecular flexibility index (Phi) is 3.47.